The molecule has 92 valence electrons. The largest absolute Gasteiger partial charge is 0.354 e. The first-order chi connectivity index (χ1) is 8.17. The summed E-state index contributed by atoms with van der Waals surface area (Å²) in [5.74, 6) is -0.117. The number of rotatable bonds is 6. The van der Waals surface area contributed by atoms with Crippen molar-refractivity contribution in [2.45, 2.75) is 45.1 Å². The Morgan fingerprint density at radius 3 is 2.94 bits per heavy atom. The molecule has 2 unspecified atom stereocenters. The summed E-state index contributed by atoms with van der Waals surface area (Å²) in [5.41, 5.74) is 0. The van der Waals surface area contributed by atoms with Crippen LogP contribution in [0.5, 0.6) is 0 Å². The summed E-state index contributed by atoms with van der Waals surface area (Å²) in [7, 11) is 0. The molecule has 0 spiro atoms. The van der Waals surface area contributed by atoms with Gasteiger partial charge in [-0.1, -0.05) is 13.0 Å². The maximum Gasteiger partial charge on any atom is 0.220 e. The molecule has 0 fully saturated rings. The third-order valence-corrected chi connectivity index (χ3v) is 3.71. The van der Waals surface area contributed by atoms with Gasteiger partial charge in [-0.25, -0.2) is 0 Å². The Bertz CT molecular complexity index is 381. The lowest BCUT2D eigenvalue weighted by atomic mass is 10.0. The van der Waals surface area contributed by atoms with E-state index < -0.39 is 0 Å². The molecule has 4 heteroatoms. The Hall–Kier alpha value is -1.34. The normalized spacial score (nSPS) is 13.7. The number of hydrogen-bond donors (Lipinski definition) is 1. The summed E-state index contributed by atoms with van der Waals surface area (Å²) >= 11 is 1.57. The van der Waals surface area contributed by atoms with E-state index in [1.54, 1.807) is 11.3 Å². The van der Waals surface area contributed by atoms with E-state index in [-0.39, 0.29) is 17.9 Å². The van der Waals surface area contributed by atoms with Crippen molar-refractivity contribution in [1.82, 2.24) is 5.32 Å². The molecule has 0 saturated carbocycles. The number of nitrogens with zero attached hydrogens (tertiary/aromatic N) is 1. The summed E-state index contributed by atoms with van der Waals surface area (Å²) in [6.45, 7) is 4.02. The van der Waals surface area contributed by atoms with Crippen LogP contribution in [-0.2, 0) is 4.79 Å². The van der Waals surface area contributed by atoms with E-state index in [0.717, 1.165) is 11.3 Å². The minimum Gasteiger partial charge on any atom is -0.354 e. The van der Waals surface area contributed by atoms with Gasteiger partial charge in [0.15, 0.2) is 0 Å². The molecule has 0 aliphatic carbocycles. The number of carbonyl (C=O) groups excluding carboxylic acids is 1. The number of amides is 1. The number of hydrogen-bond acceptors (Lipinski definition) is 3. The molecule has 1 heterocycles. The summed E-state index contributed by atoms with van der Waals surface area (Å²) in [4.78, 5) is 12.6. The predicted octanol–water partition coefficient (Wildman–Crippen LogP) is 3.05. The molecule has 1 N–H and O–H groups in total. The van der Waals surface area contributed by atoms with Gasteiger partial charge in [-0.3, -0.25) is 4.79 Å². The first-order valence-electron chi connectivity index (χ1n) is 5.89. The summed E-state index contributed by atoms with van der Waals surface area (Å²) in [6.07, 6.45) is 1.94. The van der Waals surface area contributed by atoms with Crippen LogP contribution < -0.4 is 5.32 Å². The monoisotopic (exact) mass is 250 g/mol. The highest BCUT2D eigenvalue weighted by molar-refractivity contribution is 7.10. The molecule has 0 bridgehead atoms. The second kappa shape index (κ2) is 7.08. The Morgan fingerprint density at radius 1 is 1.65 bits per heavy atom. The van der Waals surface area contributed by atoms with E-state index in [0.29, 0.717) is 12.8 Å². The van der Waals surface area contributed by atoms with Gasteiger partial charge in [-0.15, -0.1) is 11.3 Å². The van der Waals surface area contributed by atoms with Crippen molar-refractivity contribution < 1.29 is 4.79 Å². The minimum absolute atomic E-state index is 0.0381. The number of carbonyl (C=O) groups is 1. The highest BCUT2D eigenvalue weighted by atomic mass is 32.1. The Balaban J connectivity index is 2.39. The fraction of sp³-hybridized carbons (Fsp3) is 0.538. The van der Waals surface area contributed by atoms with Crippen LogP contribution in [0.3, 0.4) is 0 Å². The van der Waals surface area contributed by atoms with Gasteiger partial charge in [-0.05, 0) is 31.2 Å². The van der Waals surface area contributed by atoms with Gasteiger partial charge in [0, 0.05) is 17.3 Å². The van der Waals surface area contributed by atoms with Crippen molar-refractivity contribution in [3.63, 3.8) is 0 Å². The number of thiophene rings is 1. The van der Waals surface area contributed by atoms with Crippen molar-refractivity contribution >= 4 is 17.2 Å². The van der Waals surface area contributed by atoms with E-state index in [4.69, 9.17) is 5.26 Å². The Kier molecular flexibility index (Phi) is 5.71. The van der Waals surface area contributed by atoms with Gasteiger partial charge >= 0.3 is 0 Å². The average Bonchev–Trinajstić information content (AvgIpc) is 2.83. The van der Waals surface area contributed by atoms with Crippen LogP contribution in [0.25, 0.3) is 0 Å². The van der Waals surface area contributed by atoms with Crippen molar-refractivity contribution in [2.75, 3.05) is 0 Å². The quantitative estimate of drug-likeness (QED) is 0.843. The van der Waals surface area contributed by atoms with Crippen LogP contribution in [0.2, 0.25) is 0 Å². The van der Waals surface area contributed by atoms with Crippen LogP contribution in [0.15, 0.2) is 17.5 Å². The highest BCUT2D eigenvalue weighted by Crippen LogP contribution is 2.24. The molecule has 0 aromatic carbocycles. The van der Waals surface area contributed by atoms with Crippen molar-refractivity contribution in [1.29, 1.82) is 5.26 Å². The molecule has 1 aromatic heterocycles. The van der Waals surface area contributed by atoms with E-state index in [9.17, 15) is 4.79 Å². The summed E-state index contributed by atoms with van der Waals surface area (Å²) < 4.78 is 0. The third kappa shape index (κ3) is 4.58. The molecule has 3 nitrogen and oxygen atoms in total. The maximum absolute atomic E-state index is 11.6. The second-order valence-corrected chi connectivity index (χ2v) is 5.09. The van der Waals surface area contributed by atoms with Crippen LogP contribution in [0.4, 0.5) is 0 Å². The Morgan fingerprint density at radius 2 is 2.41 bits per heavy atom. The molecule has 0 aliphatic heterocycles. The smallest absolute Gasteiger partial charge is 0.220 e. The van der Waals surface area contributed by atoms with Gasteiger partial charge in [0.1, 0.15) is 0 Å². The molecule has 1 aromatic rings. The van der Waals surface area contributed by atoms with Gasteiger partial charge in [0.05, 0.1) is 12.0 Å². The minimum atomic E-state index is -0.155. The Labute approximate surface area is 106 Å². The van der Waals surface area contributed by atoms with Crippen molar-refractivity contribution in [3.8, 4) is 6.07 Å². The van der Waals surface area contributed by atoms with Crippen LogP contribution >= 0.6 is 11.3 Å². The fourth-order valence-corrected chi connectivity index (χ4v) is 2.29. The lowest BCUT2D eigenvalue weighted by Crippen LogP contribution is -2.31. The zero-order chi connectivity index (χ0) is 12.7. The molecule has 0 saturated heterocycles. The summed E-state index contributed by atoms with van der Waals surface area (Å²) in [6, 6.07) is 6.35. The lowest BCUT2D eigenvalue weighted by Gasteiger charge is -2.12. The van der Waals surface area contributed by atoms with Gasteiger partial charge in [-0.2, -0.15) is 5.26 Å². The molecule has 0 aliphatic rings. The molecular weight excluding hydrogens is 232 g/mol. The topological polar surface area (TPSA) is 52.9 Å². The molecule has 17 heavy (non-hydrogen) atoms. The zero-order valence-electron chi connectivity index (χ0n) is 10.3. The number of nitriles is 1. The maximum atomic E-state index is 11.6. The molecular formula is C13H18N2OS. The van der Waals surface area contributed by atoms with E-state index in [1.807, 2.05) is 31.4 Å². The molecule has 1 amide bonds. The fourth-order valence-electron chi connectivity index (χ4n) is 1.48. The average molecular weight is 250 g/mol. The molecule has 1 rings (SSSR count). The van der Waals surface area contributed by atoms with Gasteiger partial charge in [0.2, 0.25) is 5.91 Å². The zero-order valence-corrected chi connectivity index (χ0v) is 11.1. The van der Waals surface area contributed by atoms with Crippen LogP contribution in [-0.4, -0.2) is 11.9 Å². The lowest BCUT2D eigenvalue weighted by molar-refractivity contribution is -0.121. The van der Waals surface area contributed by atoms with Crippen LogP contribution in [0, 0.1) is 11.3 Å². The van der Waals surface area contributed by atoms with Crippen LogP contribution in [0.1, 0.15) is 43.9 Å². The second-order valence-electron chi connectivity index (χ2n) is 4.11. The van der Waals surface area contributed by atoms with E-state index >= 15 is 0 Å². The predicted molar refractivity (Wildman–Crippen MR) is 69.8 cm³/mol. The van der Waals surface area contributed by atoms with E-state index in [2.05, 4.69) is 11.4 Å². The third-order valence-electron chi connectivity index (χ3n) is 2.72. The first-order valence-corrected chi connectivity index (χ1v) is 6.77. The standard InChI is InChI=1S/C13H18N2OS/c1-3-10(2)15-13(16)7-6-11(9-14)12-5-4-8-17-12/h4-5,8,10-11H,3,6-7H2,1-2H3,(H,15,16). The molecule has 2 atom stereocenters. The SMILES string of the molecule is CCC(C)NC(=O)CCC(C#N)c1cccs1. The summed E-state index contributed by atoms with van der Waals surface area (Å²) in [5, 5.41) is 13.9. The van der Waals surface area contributed by atoms with Gasteiger partial charge in [0.25, 0.3) is 0 Å². The van der Waals surface area contributed by atoms with Crippen molar-refractivity contribution in [2.24, 2.45) is 0 Å². The van der Waals surface area contributed by atoms with Crippen molar-refractivity contribution in [3.05, 3.63) is 22.4 Å². The van der Waals surface area contributed by atoms with Gasteiger partial charge < -0.3 is 5.32 Å². The molecule has 0 radical (unpaired) electrons. The van der Waals surface area contributed by atoms with E-state index in [1.165, 1.54) is 0 Å². The first kappa shape index (κ1) is 13.7. The number of nitrogens with one attached hydrogen (secondary N) is 1. The highest BCUT2D eigenvalue weighted by Gasteiger charge is 2.14.